The molecule has 0 amide bonds. The van der Waals surface area contributed by atoms with Crippen LogP contribution in [0.3, 0.4) is 0 Å². The third kappa shape index (κ3) is 0.669. The Bertz CT molecular complexity index is 178. The molecule has 3 heteroatoms. The minimum atomic E-state index is -0.138. The van der Waals surface area contributed by atoms with Crippen LogP contribution in [-0.4, -0.2) is 41.1 Å². The van der Waals surface area contributed by atoms with Crippen molar-refractivity contribution in [2.24, 2.45) is 4.99 Å². The highest BCUT2D eigenvalue weighted by Crippen LogP contribution is 2.22. The summed E-state index contributed by atoms with van der Waals surface area (Å²) in [6.45, 7) is 3.80. The molecule has 10 heavy (non-hydrogen) atoms. The van der Waals surface area contributed by atoms with Gasteiger partial charge in [-0.3, -0.25) is 4.99 Å². The number of fused-ring (bicyclic) bond motifs is 1. The molecule has 2 heterocycles. The Hall–Kier alpha value is -0.570. The first-order valence-corrected chi connectivity index (χ1v) is 3.75. The second kappa shape index (κ2) is 1.95. The van der Waals surface area contributed by atoms with E-state index in [4.69, 9.17) is 0 Å². The maximum atomic E-state index is 9.40. The fourth-order valence-electron chi connectivity index (χ4n) is 1.78. The standard InChI is InChI=1S/C7H12N2O/c1-5-8-4-6-7(10)2-3-9(5)6/h6-7,10H,2-4H2,1H3. The molecular formula is C7H12N2O. The molecule has 2 rings (SSSR count). The van der Waals surface area contributed by atoms with Crippen molar-refractivity contribution in [1.82, 2.24) is 4.90 Å². The van der Waals surface area contributed by atoms with E-state index in [1.807, 2.05) is 6.92 Å². The van der Waals surface area contributed by atoms with Crippen LogP contribution in [0.1, 0.15) is 13.3 Å². The molecule has 1 N–H and O–H groups in total. The van der Waals surface area contributed by atoms with E-state index in [9.17, 15) is 5.11 Å². The summed E-state index contributed by atoms with van der Waals surface area (Å²) >= 11 is 0. The molecule has 3 nitrogen and oxygen atoms in total. The number of hydrogen-bond acceptors (Lipinski definition) is 3. The zero-order chi connectivity index (χ0) is 7.14. The molecule has 0 saturated carbocycles. The van der Waals surface area contributed by atoms with Gasteiger partial charge in [0.25, 0.3) is 0 Å². The van der Waals surface area contributed by atoms with Crippen LogP contribution < -0.4 is 0 Å². The fourth-order valence-corrected chi connectivity index (χ4v) is 1.78. The number of amidine groups is 1. The summed E-state index contributed by atoms with van der Waals surface area (Å²) < 4.78 is 0. The van der Waals surface area contributed by atoms with Crippen LogP contribution in [0.25, 0.3) is 0 Å². The molecule has 0 spiro atoms. The van der Waals surface area contributed by atoms with Crippen molar-refractivity contribution < 1.29 is 5.11 Å². The summed E-state index contributed by atoms with van der Waals surface area (Å²) in [6.07, 6.45) is 0.776. The van der Waals surface area contributed by atoms with E-state index in [1.165, 1.54) is 0 Å². The van der Waals surface area contributed by atoms with Gasteiger partial charge < -0.3 is 10.0 Å². The molecule has 2 aliphatic heterocycles. The van der Waals surface area contributed by atoms with Gasteiger partial charge in [0.1, 0.15) is 0 Å². The summed E-state index contributed by atoms with van der Waals surface area (Å²) in [5.41, 5.74) is 0. The number of aliphatic imine (C=N–C) groups is 1. The van der Waals surface area contributed by atoms with Crippen molar-refractivity contribution in [2.75, 3.05) is 13.1 Å². The van der Waals surface area contributed by atoms with Crippen LogP contribution >= 0.6 is 0 Å². The van der Waals surface area contributed by atoms with Crippen molar-refractivity contribution in [3.63, 3.8) is 0 Å². The van der Waals surface area contributed by atoms with Gasteiger partial charge in [0.15, 0.2) is 0 Å². The molecule has 0 bridgehead atoms. The van der Waals surface area contributed by atoms with E-state index in [1.54, 1.807) is 0 Å². The van der Waals surface area contributed by atoms with Gasteiger partial charge in [0.05, 0.1) is 24.5 Å². The Morgan fingerprint density at radius 2 is 2.50 bits per heavy atom. The zero-order valence-corrected chi connectivity index (χ0v) is 6.12. The highest BCUT2D eigenvalue weighted by Gasteiger charge is 2.36. The number of aliphatic hydroxyl groups is 1. The highest BCUT2D eigenvalue weighted by molar-refractivity contribution is 5.82. The van der Waals surface area contributed by atoms with Crippen molar-refractivity contribution in [2.45, 2.75) is 25.5 Å². The monoisotopic (exact) mass is 140 g/mol. The Kier molecular flexibility index (Phi) is 1.20. The third-order valence-electron chi connectivity index (χ3n) is 2.43. The van der Waals surface area contributed by atoms with Gasteiger partial charge in [-0.25, -0.2) is 0 Å². The lowest BCUT2D eigenvalue weighted by atomic mass is 10.2. The maximum absolute atomic E-state index is 9.40. The Balaban J connectivity index is 2.16. The second-order valence-electron chi connectivity index (χ2n) is 3.00. The lowest BCUT2D eigenvalue weighted by Crippen LogP contribution is -2.34. The van der Waals surface area contributed by atoms with Gasteiger partial charge in [-0.2, -0.15) is 0 Å². The molecule has 2 unspecified atom stereocenters. The Morgan fingerprint density at radius 3 is 3.20 bits per heavy atom. The fraction of sp³-hybridized carbons (Fsp3) is 0.857. The number of nitrogens with zero attached hydrogens (tertiary/aromatic N) is 2. The summed E-state index contributed by atoms with van der Waals surface area (Å²) in [5.74, 6) is 1.10. The van der Waals surface area contributed by atoms with E-state index >= 15 is 0 Å². The third-order valence-corrected chi connectivity index (χ3v) is 2.43. The first-order valence-electron chi connectivity index (χ1n) is 3.75. The van der Waals surface area contributed by atoms with Gasteiger partial charge in [-0.05, 0) is 13.3 Å². The Labute approximate surface area is 60.4 Å². The van der Waals surface area contributed by atoms with Gasteiger partial charge in [0, 0.05) is 6.54 Å². The maximum Gasteiger partial charge on any atom is 0.0962 e. The topological polar surface area (TPSA) is 35.8 Å². The molecule has 56 valence electrons. The van der Waals surface area contributed by atoms with E-state index < -0.39 is 0 Å². The zero-order valence-electron chi connectivity index (χ0n) is 6.12. The largest absolute Gasteiger partial charge is 0.391 e. The lowest BCUT2D eigenvalue weighted by molar-refractivity contribution is 0.149. The lowest BCUT2D eigenvalue weighted by Gasteiger charge is -2.18. The van der Waals surface area contributed by atoms with Crippen molar-refractivity contribution in [1.29, 1.82) is 0 Å². The van der Waals surface area contributed by atoms with Crippen molar-refractivity contribution in [3.8, 4) is 0 Å². The normalized spacial score (nSPS) is 38.2. The molecule has 0 aliphatic carbocycles. The molecule has 1 fully saturated rings. The van der Waals surface area contributed by atoms with E-state index in [2.05, 4.69) is 9.89 Å². The van der Waals surface area contributed by atoms with Gasteiger partial charge in [-0.1, -0.05) is 0 Å². The first-order chi connectivity index (χ1) is 4.79. The van der Waals surface area contributed by atoms with E-state index in [-0.39, 0.29) is 6.10 Å². The van der Waals surface area contributed by atoms with Crippen LogP contribution in [-0.2, 0) is 0 Å². The predicted molar refractivity (Wildman–Crippen MR) is 39.1 cm³/mol. The molecule has 0 aromatic carbocycles. The average Bonchev–Trinajstić information content (AvgIpc) is 2.41. The minimum Gasteiger partial charge on any atom is -0.391 e. The molecule has 0 radical (unpaired) electrons. The van der Waals surface area contributed by atoms with Crippen LogP contribution in [0.15, 0.2) is 4.99 Å². The number of rotatable bonds is 0. The molecule has 0 aromatic heterocycles. The second-order valence-corrected chi connectivity index (χ2v) is 3.00. The molecular weight excluding hydrogens is 128 g/mol. The molecule has 2 aliphatic rings. The number of aliphatic hydroxyl groups excluding tert-OH is 1. The van der Waals surface area contributed by atoms with Crippen molar-refractivity contribution in [3.05, 3.63) is 0 Å². The average molecular weight is 140 g/mol. The summed E-state index contributed by atoms with van der Waals surface area (Å²) in [4.78, 5) is 6.45. The minimum absolute atomic E-state index is 0.138. The summed E-state index contributed by atoms with van der Waals surface area (Å²) in [6, 6.07) is 0.306. The van der Waals surface area contributed by atoms with E-state index in [0.717, 1.165) is 25.3 Å². The van der Waals surface area contributed by atoms with Gasteiger partial charge in [0.2, 0.25) is 0 Å². The molecule has 0 aromatic rings. The quantitative estimate of drug-likeness (QED) is 0.508. The molecule has 2 atom stereocenters. The number of hydrogen-bond donors (Lipinski definition) is 1. The van der Waals surface area contributed by atoms with Crippen LogP contribution in [0.4, 0.5) is 0 Å². The van der Waals surface area contributed by atoms with Crippen LogP contribution in [0.2, 0.25) is 0 Å². The van der Waals surface area contributed by atoms with E-state index in [0.29, 0.717) is 6.04 Å². The highest BCUT2D eigenvalue weighted by atomic mass is 16.3. The van der Waals surface area contributed by atoms with Crippen LogP contribution in [0, 0.1) is 0 Å². The predicted octanol–water partition coefficient (Wildman–Crippen LogP) is -0.146. The van der Waals surface area contributed by atoms with Gasteiger partial charge >= 0.3 is 0 Å². The molecule has 1 saturated heterocycles. The Morgan fingerprint density at radius 1 is 1.70 bits per heavy atom. The van der Waals surface area contributed by atoms with Crippen LogP contribution in [0.5, 0.6) is 0 Å². The summed E-state index contributed by atoms with van der Waals surface area (Å²) in [7, 11) is 0. The smallest absolute Gasteiger partial charge is 0.0962 e. The van der Waals surface area contributed by atoms with Crippen molar-refractivity contribution >= 4 is 5.84 Å². The first kappa shape index (κ1) is 6.16. The SMILES string of the molecule is CC1=NCC2C(O)CCN12. The summed E-state index contributed by atoms with van der Waals surface area (Å²) in [5, 5.41) is 9.40. The van der Waals surface area contributed by atoms with Gasteiger partial charge in [-0.15, -0.1) is 0 Å².